The van der Waals surface area contributed by atoms with Crippen molar-refractivity contribution in [2.24, 2.45) is 0 Å². The van der Waals surface area contributed by atoms with Crippen LogP contribution in [0, 0.1) is 0 Å². The molecule has 0 fully saturated rings. The molecule has 3 N–H and O–H groups in total. The number of pyridine rings is 1. The first-order valence-electron chi connectivity index (χ1n) is 8.85. The van der Waals surface area contributed by atoms with Crippen LogP contribution < -0.4 is 10.9 Å². The van der Waals surface area contributed by atoms with Crippen molar-refractivity contribution < 1.29 is 9.90 Å². The Morgan fingerprint density at radius 1 is 1.36 bits per heavy atom. The largest absolute Gasteiger partial charge is 0.392 e. The van der Waals surface area contributed by atoms with Crippen molar-refractivity contribution in [1.29, 1.82) is 0 Å². The molecule has 1 atom stereocenters. The van der Waals surface area contributed by atoms with E-state index in [0.717, 1.165) is 29.6 Å². The molecule has 25 heavy (non-hydrogen) atoms. The smallest absolute Gasteiger partial charge is 0.256 e. The van der Waals surface area contributed by atoms with Gasteiger partial charge in [0.2, 0.25) is 5.91 Å². The summed E-state index contributed by atoms with van der Waals surface area (Å²) in [6.07, 6.45) is 1.55. The quantitative estimate of drug-likeness (QED) is 0.687. The topological polar surface area (TPSA) is 85.4 Å². The van der Waals surface area contributed by atoms with Crippen molar-refractivity contribution >= 4 is 16.7 Å². The lowest BCUT2D eigenvalue weighted by molar-refractivity contribution is -0.132. The SMILES string of the molecule is C[C@@H](O)CNCCCC(=O)N1CCc2[nH]c(=O)c3ccccc3c2C1. The zero-order chi connectivity index (χ0) is 17.8. The molecular formula is C19H25N3O3. The van der Waals surface area contributed by atoms with Gasteiger partial charge in [0, 0.05) is 43.6 Å². The lowest BCUT2D eigenvalue weighted by Gasteiger charge is -2.29. The average molecular weight is 343 g/mol. The van der Waals surface area contributed by atoms with Gasteiger partial charge in [-0.1, -0.05) is 18.2 Å². The van der Waals surface area contributed by atoms with E-state index in [1.54, 1.807) is 6.92 Å². The van der Waals surface area contributed by atoms with E-state index in [4.69, 9.17) is 0 Å². The summed E-state index contributed by atoms with van der Waals surface area (Å²) < 4.78 is 0. The highest BCUT2D eigenvalue weighted by Gasteiger charge is 2.23. The molecule has 0 saturated carbocycles. The maximum atomic E-state index is 12.5. The molecule has 0 bridgehead atoms. The molecule has 0 spiro atoms. The van der Waals surface area contributed by atoms with E-state index in [1.165, 1.54) is 0 Å². The van der Waals surface area contributed by atoms with E-state index in [0.29, 0.717) is 37.9 Å². The van der Waals surface area contributed by atoms with Crippen LogP contribution in [-0.4, -0.2) is 46.6 Å². The molecule has 2 aromatic rings. The number of aromatic amines is 1. The maximum absolute atomic E-state index is 12.5. The summed E-state index contributed by atoms with van der Waals surface area (Å²) in [5.74, 6) is 0.139. The monoisotopic (exact) mass is 343 g/mol. The number of fused-ring (bicyclic) bond motifs is 3. The number of H-pyrrole nitrogens is 1. The van der Waals surface area contributed by atoms with E-state index >= 15 is 0 Å². The minimum absolute atomic E-state index is 0.0571. The van der Waals surface area contributed by atoms with Crippen LogP contribution in [0.5, 0.6) is 0 Å². The Kier molecular flexibility index (Phi) is 5.50. The minimum Gasteiger partial charge on any atom is -0.392 e. The van der Waals surface area contributed by atoms with Gasteiger partial charge in [0.05, 0.1) is 6.10 Å². The standard InChI is InChI=1S/C19H25N3O3/c1-13(23)11-20-9-4-7-18(24)22-10-8-17-16(12-22)14-5-2-3-6-15(14)19(25)21-17/h2-3,5-6,13,20,23H,4,7-12H2,1H3,(H,21,25)/t13-/m1/s1. The van der Waals surface area contributed by atoms with Crippen LogP contribution >= 0.6 is 0 Å². The highest BCUT2D eigenvalue weighted by atomic mass is 16.3. The first-order chi connectivity index (χ1) is 12.1. The van der Waals surface area contributed by atoms with Crippen molar-refractivity contribution in [3.63, 3.8) is 0 Å². The number of hydrogen-bond donors (Lipinski definition) is 3. The van der Waals surface area contributed by atoms with Gasteiger partial charge >= 0.3 is 0 Å². The number of aliphatic hydroxyl groups is 1. The number of rotatable bonds is 6. The molecule has 1 aromatic carbocycles. The summed E-state index contributed by atoms with van der Waals surface area (Å²) in [4.78, 5) is 29.5. The van der Waals surface area contributed by atoms with Gasteiger partial charge in [-0.05, 0) is 36.9 Å². The molecule has 0 radical (unpaired) electrons. The number of amides is 1. The zero-order valence-electron chi connectivity index (χ0n) is 14.5. The van der Waals surface area contributed by atoms with Crippen molar-refractivity contribution in [3.8, 4) is 0 Å². The third-order valence-corrected chi connectivity index (χ3v) is 4.64. The summed E-state index contributed by atoms with van der Waals surface area (Å²) in [6.45, 7) is 4.19. The number of hydrogen-bond acceptors (Lipinski definition) is 4. The van der Waals surface area contributed by atoms with Crippen LogP contribution in [-0.2, 0) is 17.8 Å². The maximum Gasteiger partial charge on any atom is 0.256 e. The van der Waals surface area contributed by atoms with Crippen LogP contribution in [0.25, 0.3) is 10.8 Å². The van der Waals surface area contributed by atoms with Crippen LogP contribution in [0.2, 0.25) is 0 Å². The normalized spacial score (nSPS) is 15.2. The number of aromatic nitrogens is 1. The van der Waals surface area contributed by atoms with E-state index in [1.807, 2.05) is 29.2 Å². The van der Waals surface area contributed by atoms with Crippen molar-refractivity contribution in [3.05, 3.63) is 45.9 Å². The molecule has 0 saturated heterocycles. The first-order valence-corrected chi connectivity index (χ1v) is 8.85. The fraction of sp³-hybridized carbons (Fsp3) is 0.474. The first kappa shape index (κ1) is 17.6. The van der Waals surface area contributed by atoms with Gasteiger partial charge in [-0.3, -0.25) is 9.59 Å². The van der Waals surface area contributed by atoms with Crippen molar-refractivity contribution in [1.82, 2.24) is 15.2 Å². The summed E-state index contributed by atoms with van der Waals surface area (Å²) in [5.41, 5.74) is 1.95. The van der Waals surface area contributed by atoms with Crippen molar-refractivity contribution in [2.75, 3.05) is 19.6 Å². The molecule has 1 amide bonds. The molecule has 6 heteroatoms. The Hall–Kier alpha value is -2.18. The number of carbonyl (C=O) groups excluding carboxylic acids is 1. The fourth-order valence-corrected chi connectivity index (χ4v) is 3.34. The Balaban J connectivity index is 1.66. The van der Waals surface area contributed by atoms with Gasteiger partial charge < -0.3 is 20.3 Å². The molecule has 1 aliphatic rings. The molecule has 1 aromatic heterocycles. The lowest BCUT2D eigenvalue weighted by Crippen LogP contribution is -2.37. The van der Waals surface area contributed by atoms with Gasteiger partial charge in [-0.25, -0.2) is 0 Å². The summed E-state index contributed by atoms with van der Waals surface area (Å²) in [7, 11) is 0. The van der Waals surface area contributed by atoms with Crippen LogP contribution in [0.15, 0.2) is 29.1 Å². The third kappa shape index (κ3) is 4.08. The molecule has 0 unspecified atom stereocenters. The third-order valence-electron chi connectivity index (χ3n) is 4.64. The molecule has 134 valence electrons. The van der Waals surface area contributed by atoms with Crippen LogP contribution in [0.3, 0.4) is 0 Å². The Morgan fingerprint density at radius 3 is 2.88 bits per heavy atom. The summed E-state index contributed by atoms with van der Waals surface area (Å²) in [6, 6.07) is 7.56. The number of carbonyl (C=O) groups is 1. The molecular weight excluding hydrogens is 318 g/mol. The van der Waals surface area contributed by atoms with Crippen molar-refractivity contribution in [2.45, 2.75) is 38.8 Å². The van der Waals surface area contributed by atoms with Gasteiger partial charge in [0.1, 0.15) is 0 Å². The summed E-state index contributed by atoms with van der Waals surface area (Å²) in [5, 5.41) is 14.0. The van der Waals surface area contributed by atoms with Crippen LogP contribution in [0.1, 0.15) is 31.0 Å². The number of aliphatic hydroxyl groups excluding tert-OH is 1. The lowest BCUT2D eigenvalue weighted by atomic mass is 9.98. The minimum atomic E-state index is -0.371. The second-order valence-corrected chi connectivity index (χ2v) is 6.68. The Morgan fingerprint density at radius 2 is 2.12 bits per heavy atom. The number of benzene rings is 1. The molecule has 1 aliphatic heterocycles. The van der Waals surface area contributed by atoms with Gasteiger partial charge in [0.15, 0.2) is 0 Å². The Labute approximate surface area is 146 Å². The highest BCUT2D eigenvalue weighted by Crippen LogP contribution is 2.24. The molecule has 0 aliphatic carbocycles. The molecule has 3 rings (SSSR count). The van der Waals surface area contributed by atoms with E-state index in [9.17, 15) is 14.7 Å². The molecule has 2 heterocycles. The van der Waals surface area contributed by atoms with Gasteiger partial charge in [0.25, 0.3) is 5.56 Å². The Bertz CT molecular complexity index is 813. The van der Waals surface area contributed by atoms with Gasteiger partial charge in [-0.2, -0.15) is 0 Å². The number of nitrogens with one attached hydrogen (secondary N) is 2. The van der Waals surface area contributed by atoms with Gasteiger partial charge in [-0.15, -0.1) is 0 Å². The van der Waals surface area contributed by atoms with E-state index in [-0.39, 0.29) is 17.6 Å². The predicted octanol–water partition coefficient (Wildman–Crippen LogP) is 1.16. The second-order valence-electron chi connectivity index (χ2n) is 6.68. The highest BCUT2D eigenvalue weighted by molar-refractivity contribution is 5.86. The van der Waals surface area contributed by atoms with E-state index in [2.05, 4.69) is 10.3 Å². The fourth-order valence-electron chi connectivity index (χ4n) is 3.34. The second kappa shape index (κ2) is 7.80. The average Bonchev–Trinajstić information content (AvgIpc) is 2.61. The van der Waals surface area contributed by atoms with Crippen LogP contribution in [0.4, 0.5) is 0 Å². The summed E-state index contributed by atoms with van der Waals surface area (Å²) >= 11 is 0. The predicted molar refractivity (Wildman–Crippen MR) is 97.5 cm³/mol. The zero-order valence-corrected chi connectivity index (χ0v) is 14.5. The molecule has 6 nitrogen and oxygen atoms in total. The van der Waals surface area contributed by atoms with E-state index < -0.39 is 0 Å². The number of nitrogens with zero attached hydrogens (tertiary/aromatic N) is 1.